The van der Waals surface area contributed by atoms with Crippen LogP contribution < -0.4 is 0 Å². The van der Waals surface area contributed by atoms with Crippen molar-refractivity contribution in [3.05, 3.63) is 108 Å². The van der Waals surface area contributed by atoms with Crippen molar-refractivity contribution >= 4 is 21.5 Å². The molecular weight excluding hydrogens is 478 g/mol. The molecule has 0 bridgehead atoms. The maximum Gasteiger partial charge on any atom is 0.123 e. The molecule has 7 heteroatoms. The lowest BCUT2D eigenvalue weighted by Crippen LogP contribution is -2.43. The molecule has 3 aromatic rings. The zero-order valence-corrected chi connectivity index (χ0v) is 21.0. The van der Waals surface area contributed by atoms with Gasteiger partial charge in [0.15, 0.2) is 0 Å². The summed E-state index contributed by atoms with van der Waals surface area (Å²) in [6.45, 7) is 0. The lowest BCUT2D eigenvalue weighted by Gasteiger charge is -2.32. The van der Waals surface area contributed by atoms with Crippen molar-refractivity contribution in [3.63, 3.8) is 0 Å². The molecule has 2 aliphatic carbocycles. The van der Waals surface area contributed by atoms with Gasteiger partial charge in [-0.05, 0) is 41.7 Å². The second-order valence-corrected chi connectivity index (χ2v) is 12.7. The predicted octanol–water partition coefficient (Wildman–Crippen LogP) is 4.88. The van der Waals surface area contributed by atoms with Gasteiger partial charge >= 0.3 is 0 Å². The Kier molecular flexibility index (Phi) is 6.53. The largest absolute Gasteiger partial charge is 0.509 e. The van der Waals surface area contributed by atoms with Crippen LogP contribution in [-0.4, -0.2) is 49.8 Å². The van der Waals surface area contributed by atoms with E-state index in [2.05, 4.69) is 4.36 Å². The summed E-state index contributed by atoms with van der Waals surface area (Å²) in [5.41, 5.74) is -0.172. The number of nitrogens with zero attached hydrogens (tertiary/aromatic N) is 1. The van der Waals surface area contributed by atoms with Gasteiger partial charge in [0.05, 0.1) is 15.5 Å². The molecule has 0 spiro atoms. The Balaban J connectivity index is 1.55. The monoisotopic (exact) mass is 507 g/mol. The number of hydrogen-bond donors (Lipinski definition) is 3. The average Bonchev–Trinajstić information content (AvgIpc) is 3.56. The Morgan fingerprint density at radius 1 is 0.914 bits per heavy atom. The lowest BCUT2D eigenvalue weighted by molar-refractivity contribution is 0.107. The SMILES string of the molecule is CN=S(=O)(CC(O)(CSc1ccccc1)C1=C(O)C(O)C2C1C2c1ccccc1)c1ccccc1. The molecule has 0 amide bonds. The van der Waals surface area contributed by atoms with Gasteiger partial charge in [-0.2, -0.15) is 0 Å². The molecule has 0 saturated heterocycles. The van der Waals surface area contributed by atoms with Gasteiger partial charge in [-0.3, -0.25) is 0 Å². The van der Waals surface area contributed by atoms with Crippen molar-refractivity contribution in [2.45, 2.75) is 27.4 Å². The van der Waals surface area contributed by atoms with Crippen LogP contribution in [-0.2, 0) is 9.73 Å². The lowest BCUT2D eigenvalue weighted by atomic mass is 9.90. The first-order valence-electron chi connectivity index (χ1n) is 11.6. The Morgan fingerprint density at radius 2 is 1.49 bits per heavy atom. The van der Waals surface area contributed by atoms with Gasteiger partial charge in [-0.25, -0.2) is 8.57 Å². The first-order valence-corrected chi connectivity index (χ1v) is 14.3. The van der Waals surface area contributed by atoms with Gasteiger partial charge < -0.3 is 15.3 Å². The fourth-order valence-electron chi connectivity index (χ4n) is 5.39. The average molecular weight is 508 g/mol. The minimum atomic E-state index is -3.00. The third-order valence-electron chi connectivity index (χ3n) is 7.08. The zero-order chi connectivity index (χ0) is 24.6. The summed E-state index contributed by atoms with van der Waals surface area (Å²) in [7, 11) is -1.49. The Morgan fingerprint density at radius 3 is 2.09 bits per heavy atom. The highest BCUT2D eigenvalue weighted by Crippen LogP contribution is 2.67. The zero-order valence-electron chi connectivity index (χ0n) is 19.4. The van der Waals surface area contributed by atoms with E-state index in [1.807, 2.05) is 66.7 Å². The van der Waals surface area contributed by atoms with E-state index in [1.165, 1.54) is 18.8 Å². The van der Waals surface area contributed by atoms with Gasteiger partial charge in [0, 0.05) is 34.1 Å². The molecule has 2 aliphatic rings. The molecule has 0 radical (unpaired) electrons. The van der Waals surface area contributed by atoms with E-state index in [-0.39, 0.29) is 35.0 Å². The van der Waals surface area contributed by atoms with E-state index in [0.29, 0.717) is 10.5 Å². The Hall–Kier alpha value is -2.58. The van der Waals surface area contributed by atoms with Crippen LogP contribution in [0.1, 0.15) is 11.5 Å². The van der Waals surface area contributed by atoms with E-state index < -0.39 is 21.4 Å². The van der Waals surface area contributed by atoms with Crippen LogP contribution in [0.25, 0.3) is 0 Å². The molecule has 6 unspecified atom stereocenters. The first-order chi connectivity index (χ1) is 16.9. The molecule has 1 fully saturated rings. The predicted molar refractivity (Wildman–Crippen MR) is 140 cm³/mol. The topological polar surface area (TPSA) is 90.1 Å². The molecule has 5 nitrogen and oxygen atoms in total. The highest BCUT2D eigenvalue weighted by Gasteiger charge is 2.66. The molecule has 182 valence electrons. The summed E-state index contributed by atoms with van der Waals surface area (Å²) >= 11 is 1.44. The summed E-state index contributed by atoms with van der Waals surface area (Å²) in [6.07, 6.45) is -1.06. The minimum Gasteiger partial charge on any atom is -0.509 e. The quantitative estimate of drug-likeness (QED) is 0.378. The van der Waals surface area contributed by atoms with Crippen LogP contribution in [0.3, 0.4) is 0 Å². The van der Waals surface area contributed by atoms with Crippen LogP contribution >= 0.6 is 11.8 Å². The second kappa shape index (κ2) is 9.47. The van der Waals surface area contributed by atoms with Gasteiger partial charge in [-0.15, -0.1) is 11.8 Å². The highest BCUT2D eigenvalue weighted by molar-refractivity contribution is 7.99. The number of aliphatic hydroxyl groups excluding tert-OH is 2. The number of thioether (sulfide) groups is 1. The van der Waals surface area contributed by atoms with Crippen LogP contribution in [0.2, 0.25) is 0 Å². The number of aliphatic hydroxyl groups is 3. The van der Waals surface area contributed by atoms with Gasteiger partial charge in [0.2, 0.25) is 0 Å². The Labute approximate surface area is 210 Å². The smallest absolute Gasteiger partial charge is 0.123 e. The van der Waals surface area contributed by atoms with Crippen molar-refractivity contribution < 1.29 is 19.5 Å². The molecule has 0 aliphatic heterocycles. The van der Waals surface area contributed by atoms with Crippen molar-refractivity contribution in [1.29, 1.82) is 0 Å². The van der Waals surface area contributed by atoms with E-state index in [4.69, 9.17) is 0 Å². The highest BCUT2D eigenvalue weighted by atomic mass is 32.2. The summed E-state index contributed by atoms with van der Waals surface area (Å²) in [4.78, 5) is 1.49. The van der Waals surface area contributed by atoms with Crippen LogP contribution in [0.4, 0.5) is 0 Å². The van der Waals surface area contributed by atoms with Crippen molar-refractivity contribution in [2.24, 2.45) is 16.2 Å². The fraction of sp³-hybridized carbons (Fsp3) is 0.286. The van der Waals surface area contributed by atoms with E-state index in [1.54, 1.807) is 24.3 Å². The van der Waals surface area contributed by atoms with Gasteiger partial charge in [0.1, 0.15) is 17.5 Å². The summed E-state index contributed by atoms with van der Waals surface area (Å²) in [6, 6.07) is 28.5. The van der Waals surface area contributed by atoms with Crippen molar-refractivity contribution in [1.82, 2.24) is 0 Å². The van der Waals surface area contributed by atoms with E-state index >= 15 is 0 Å². The molecule has 3 aromatic carbocycles. The maximum atomic E-state index is 14.1. The van der Waals surface area contributed by atoms with Gasteiger partial charge in [-0.1, -0.05) is 66.7 Å². The number of fused-ring (bicyclic) bond motifs is 1. The summed E-state index contributed by atoms with van der Waals surface area (Å²) in [5, 5.41) is 34.2. The standard InChI is InChI=1S/C28H29NO4S2/c1-29-35(33,21-15-9-4-10-16-21)18-28(32,17-34-20-13-7-3-8-14-20)25-23-22(19-11-5-2-6-12-19)24(23)26(30)27(25)31/h2-16,22-24,26,30-32H,17-18H2,1H3. The molecule has 6 atom stereocenters. The van der Waals surface area contributed by atoms with E-state index in [0.717, 1.165) is 10.5 Å². The summed E-state index contributed by atoms with van der Waals surface area (Å²) in [5.74, 6) is -0.604. The first kappa shape index (κ1) is 24.1. The number of benzene rings is 3. The molecule has 3 N–H and O–H groups in total. The molecule has 1 saturated carbocycles. The Bertz CT molecular complexity index is 1340. The second-order valence-electron chi connectivity index (χ2n) is 9.20. The fourth-order valence-corrected chi connectivity index (χ4v) is 8.53. The van der Waals surface area contributed by atoms with Crippen LogP contribution in [0.15, 0.2) is 116 Å². The molecular formula is C28H29NO4S2. The van der Waals surface area contributed by atoms with Gasteiger partial charge in [0.25, 0.3) is 0 Å². The molecule has 0 heterocycles. The number of rotatable bonds is 8. The van der Waals surface area contributed by atoms with E-state index in [9.17, 15) is 19.5 Å². The van der Waals surface area contributed by atoms with Crippen LogP contribution in [0, 0.1) is 11.8 Å². The van der Waals surface area contributed by atoms with Crippen molar-refractivity contribution in [2.75, 3.05) is 18.6 Å². The molecule has 5 rings (SSSR count). The number of hydrogen-bond acceptors (Lipinski definition) is 6. The minimum absolute atomic E-state index is 0.00306. The third-order valence-corrected chi connectivity index (χ3v) is 10.8. The molecule has 35 heavy (non-hydrogen) atoms. The van der Waals surface area contributed by atoms with Crippen molar-refractivity contribution in [3.8, 4) is 0 Å². The normalized spacial score (nSPS) is 26.5. The summed E-state index contributed by atoms with van der Waals surface area (Å²) < 4.78 is 18.4. The van der Waals surface area contributed by atoms with Crippen LogP contribution in [0.5, 0.6) is 0 Å². The maximum absolute atomic E-state index is 14.1. The molecule has 0 aromatic heterocycles. The third kappa shape index (κ3) is 4.42.